The minimum absolute atomic E-state index is 0.0895. The van der Waals surface area contributed by atoms with Crippen LogP contribution in [0.15, 0.2) is 12.4 Å². The van der Waals surface area contributed by atoms with E-state index in [0.717, 1.165) is 6.42 Å². The number of nitrogens with two attached hydrogens (primary N) is 1. The lowest BCUT2D eigenvalue weighted by atomic mass is 9.99. The molecule has 3 N–H and O–H groups in total. The molecule has 1 aromatic rings. The SMILES string of the molecule is CCC(C)(CN)Nc1cncc(OC(C)C)n1. The normalized spacial score (nSPS) is 14.5. The molecule has 1 aromatic heterocycles. The first-order valence-electron chi connectivity index (χ1n) is 5.96. The molecule has 96 valence electrons. The minimum atomic E-state index is -0.162. The number of aromatic nitrogens is 2. The highest BCUT2D eigenvalue weighted by atomic mass is 16.5. The van der Waals surface area contributed by atoms with Crippen molar-refractivity contribution in [2.75, 3.05) is 11.9 Å². The van der Waals surface area contributed by atoms with Crippen LogP contribution >= 0.6 is 0 Å². The Hall–Kier alpha value is -1.36. The Balaban J connectivity index is 2.78. The van der Waals surface area contributed by atoms with Crippen molar-refractivity contribution in [2.45, 2.75) is 45.8 Å². The van der Waals surface area contributed by atoms with Crippen molar-refractivity contribution >= 4 is 5.82 Å². The van der Waals surface area contributed by atoms with Crippen LogP contribution in [0.5, 0.6) is 5.88 Å². The predicted molar refractivity (Wildman–Crippen MR) is 69.2 cm³/mol. The van der Waals surface area contributed by atoms with Gasteiger partial charge in [-0.05, 0) is 27.2 Å². The molecule has 17 heavy (non-hydrogen) atoms. The maximum absolute atomic E-state index is 5.74. The van der Waals surface area contributed by atoms with E-state index >= 15 is 0 Å². The summed E-state index contributed by atoms with van der Waals surface area (Å²) in [6.07, 6.45) is 4.29. The Labute approximate surface area is 103 Å². The van der Waals surface area contributed by atoms with Gasteiger partial charge in [-0.3, -0.25) is 4.98 Å². The minimum Gasteiger partial charge on any atom is -0.474 e. The number of anilines is 1. The Morgan fingerprint density at radius 1 is 1.47 bits per heavy atom. The van der Waals surface area contributed by atoms with Gasteiger partial charge in [0.2, 0.25) is 5.88 Å². The fraction of sp³-hybridized carbons (Fsp3) is 0.667. The second-order valence-corrected chi connectivity index (χ2v) is 4.65. The first kappa shape index (κ1) is 13.7. The van der Waals surface area contributed by atoms with Crippen LogP contribution in [0.4, 0.5) is 5.82 Å². The molecule has 0 aliphatic rings. The summed E-state index contributed by atoms with van der Waals surface area (Å²) < 4.78 is 5.49. The van der Waals surface area contributed by atoms with Gasteiger partial charge in [-0.2, -0.15) is 4.98 Å². The third kappa shape index (κ3) is 4.19. The van der Waals surface area contributed by atoms with Crippen molar-refractivity contribution in [1.29, 1.82) is 0 Å². The molecule has 0 aliphatic carbocycles. The number of ether oxygens (including phenoxy) is 1. The van der Waals surface area contributed by atoms with Crippen molar-refractivity contribution in [3.63, 3.8) is 0 Å². The molecule has 0 amide bonds. The van der Waals surface area contributed by atoms with E-state index in [2.05, 4.69) is 29.1 Å². The maximum atomic E-state index is 5.74. The van der Waals surface area contributed by atoms with E-state index in [-0.39, 0.29) is 11.6 Å². The van der Waals surface area contributed by atoms with E-state index in [0.29, 0.717) is 18.2 Å². The van der Waals surface area contributed by atoms with Crippen molar-refractivity contribution in [2.24, 2.45) is 5.73 Å². The van der Waals surface area contributed by atoms with E-state index in [4.69, 9.17) is 10.5 Å². The lowest BCUT2D eigenvalue weighted by Crippen LogP contribution is -2.42. The van der Waals surface area contributed by atoms with Crippen LogP contribution in [0.3, 0.4) is 0 Å². The molecular formula is C12H22N4O. The second-order valence-electron chi connectivity index (χ2n) is 4.65. The van der Waals surface area contributed by atoms with Gasteiger partial charge in [0, 0.05) is 12.1 Å². The Kier molecular flexibility index (Phi) is 4.69. The fourth-order valence-electron chi connectivity index (χ4n) is 1.30. The third-order valence-corrected chi connectivity index (χ3v) is 2.63. The molecular weight excluding hydrogens is 216 g/mol. The third-order valence-electron chi connectivity index (χ3n) is 2.63. The lowest BCUT2D eigenvalue weighted by Gasteiger charge is -2.28. The zero-order chi connectivity index (χ0) is 12.9. The monoisotopic (exact) mass is 238 g/mol. The molecule has 1 rings (SSSR count). The summed E-state index contributed by atoms with van der Waals surface area (Å²) in [7, 11) is 0. The van der Waals surface area contributed by atoms with Gasteiger partial charge < -0.3 is 15.8 Å². The molecule has 1 atom stereocenters. The molecule has 1 heterocycles. The van der Waals surface area contributed by atoms with Gasteiger partial charge in [0.1, 0.15) is 5.82 Å². The Morgan fingerprint density at radius 2 is 2.18 bits per heavy atom. The molecule has 0 aliphatic heterocycles. The predicted octanol–water partition coefficient (Wildman–Crippen LogP) is 1.80. The number of nitrogens with one attached hydrogen (secondary N) is 1. The summed E-state index contributed by atoms with van der Waals surface area (Å²) in [6.45, 7) is 8.60. The van der Waals surface area contributed by atoms with Crippen molar-refractivity contribution in [3.05, 3.63) is 12.4 Å². The zero-order valence-electron chi connectivity index (χ0n) is 11.0. The summed E-state index contributed by atoms with van der Waals surface area (Å²) >= 11 is 0. The number of hydrogen-bond donors (Lipinski definition) is 2. The molecule has 0 bridgehead atoms. The summed E-state index contributed by atoms with van der Waals surface area (Å²) in [4.78, 5) is 8.44. The van der Waals surface area contributed by atoms with Crippen LogP contribution < -0.4 is 15.8 Å². The van der Waals surface area contributed by atoms with Gasteiger partial charge in [-0.1, -0.05) is 6.92 Å². The first-order valence-corrected chi connectivity index (χ1v) is 5.96. The van der Waals surface area contributed by atoms with Crippen molar-refractivity contribution < 1.29 is 4.74 Å². The average Bonchev–Trinajstić information content (AvgIpc) is 2.28. The summed E-state index contributed by atoms with van der Waals surface area (Å²) in [6, 6.07) is 0. The van der Waals surface area contributed by atoms with Crippen LogP contribution in [0.25, 0.3) is 0 Å². The summed E-state index contributed by atoms with van der Waals surface area (Å²) in [5, 5.41) is 3.29. The number of rotatable bonds is 6. The summed E-state index contributed by atoms with van der Waals surface area (Å²) in [5.41, 5.74) is 5.58. The van der Waals surface area contributed by atoms with Crippen LogP contribution in [0.1, 0.15) is 34.1 Å². The van der Waals surface area contributed by atoms with Gasteiger partial charge in [0.25, 0.3) is 0 Å². The highest BCUT2D eigenvalue weighted by Gasteiger charge is 2.20. The van der Waals surface area contributed by atoms with Gasteiger partial charge in [0.15, 0.2) is 0 Å². The highest BCUT2D eigenvalue weighted by Crippen LogP contribution is 2.17. The lowest BCUT2D eigenvalue weighted by molar-refractivity contribution is 0.232. The molecule has 0 fully saturated rings. The number of hydrogen-bond acceptors (Lipinski definition) is 5. The van der Waals surface area contributed by atoms with E-state index in [9.17, 15) is 0 Å². The van der Waals surface area contributed by atoms with Crippen LogP contribution in [-0.4, -0.2) is 28.2 Å². The van der Waals surface area contributed by atoms with Crippen LogP contribution in [0, 0.1) is 0 Å². The van der Waals surface area contributed by atoms with Gasteiger partial charge >= 0.3 is 0 Å². The van der Waals surface area contributed by atoms with Gasteiger partial charge in [-0.25, -0.2) is 0 Å². The van der Waals surface area contributed by atoms with Crippen LogP contribution in [-0.2, 0) is 0 Å². The molecule has 0 aromatic carbocycles. The topological polar surface area (TPSA) is 73.1 Å². The van der Waals surface area contributed by atoms with Crippen LogP contribution in [0.2, 0.25) is 0 Å². The Morgan fingerprint density at radius 3 is 2.71 bits per heavy atom. The molecule has 5 heteroatoms. The first-order chi connectivity index (χ1) is 7.99. The molecule has 0 saturated heterocycles. The van der Waals surface area contributed by atoms with Gasteiger partial charge in [0.05, 0.1) is 18.5 Å². The van der Waals surface area contributed by atoms with Crippen molar-refractivity contribution in [3.8, 4) is 5.88 Å². The smallest absolute Gasteiger partial charge is 0.234 e. The maximum Gasteiger partial charge on any atom is 0.234 e. The van der Waals surface area contributed by atoms with Gasteiger partial charge in [-0.15, -0.1) is 0 Å². The van der Waals surface area contributed by atoms with E-state index in [1.165, 1.54) is 0 Å². The number of nitrogens with zero attached hydrogens (tertiary/aromatic N) is 2. The molecule has 1 unspecified atom stereocenters. The van der Waals surface area contributed by atoms with Crippen molar-refractivity contribution in [1.82, 2.24) is 9.97 Å². The Bertz CT molecular complexity index is 350. The molecule has 0 saturated carbocycles. The zero-order valence-corrected chi connectivity index (χ0v) is 11.0. The largest absolute Gasteiger partial charge is 0.474 e. The fourth-order valence-corrected chi connectivity index (χ4v) is 1.30. The molecule has 5 nitrogen and oxygen atoms in total. The second kappa shape index (κ2) is 5.82. The standard InChI is InChI=1S/C12H22N4O/c1-5-12(4,8-13)16-10-6-14-7-11(15-10)17-9(2)3/h6-7,9H,5,8,13H2,1-4H3,(H,15,16). The quantitative estimate of drug-likeness (QED) is 0.790. The van der Waals surface area contributed by atoms with E-state index in [1.807, 2.05) is 13.8 Å². The molecule has 0 spiro atoms. The average molecular weight is 238 g/mol. The summed E-state index contributed by atoms with van der Waals surface area (Å²) in [5.74, 6) is 1.22. The molecule has 0 radical (unpaired) electrons. The van der Waals surface area contributed by atoms with E-state index in [1.54, 1.807) is 12.4 Å². The highest BCUT2D eigenvalue weighted by molar-refractivity contribution is 5.36. The van der Waals surface area contributed by atoms with E-state index < -0.39 is 0 Å².